The van der Waals surface area contributed by atoms with E-state index in [1.54, 1.807) is 11.3 Å². The molecule has 0 aliphatic carbocycles. The monoisotopic (exact) mass is 486 g/mol. The fraction of sp³-hybridized carbons (Fsp3) is 0.524. The predicted octanol–water partition coefficient (Wildman–Crippen LogP) is 3.38. The number of alkyl halides is 3. The Hall–Kier alpha value is -2.14. The number of carbonyl (C=O) groups is 1. The molecule has 0 radical (unpaired) electrons. The number of halogens is 3. The van der Waals surface area contributed by atoms with E-state index < -0.39 is 21.4 Å². The molecule has 4 heterocycles. The molecule has 0 saturated carbocycles. The van der Waals surface area contributed by atoms with Crippen molar-refractivity contribution in [1.29, 1.82) is 0 Å². The van der Waals surface area contributed by atoms with E-state index in [4.69, 9.17) is 0 Å². The van der Waals surface area contributed by atoms with E-state index in [9.17, 15) is 22.2 Å². The molecule has 6 nitrogen and oxygen atoms in total. The minimum Gasteiger partial charge on any atom is -0.351 e. The molecule has 1 unspecified atom stereocenters. The van der Waals surface area contributed by atoms with Crippen molar-refractivity contribution >= 4 is 38.5 Å². The molecule has 2 aliphatic rings. The van der Waals surface area contributed by atoms with Crippen LogP contribution in [-0.2, 0) is 20.5 Å². The molecule has 0 spiro atoms. The van der Waals surface area contributed by atoms with Crippen LogP contribution in [0.3, 0.4) is 0 Å². The summed E-state index contributed by atoms with van der Waals surface area (Å²) in [5.74, 6) is 4.95. The van der Waals surface area contributed by atoms with Gasteiger partial charge in [0.05, 0.1) is 6.04 Å². The summed E-state index contributed by atoms with van der Waals surface area (Å²) >= 11 is 1.60. The Kier molecular flexibility index (Phi) is 6.23. The van der Waals surface area contributed by atoms with Crippen LogP contribution >= 0.6 is 11.3 Å². The molecule has 2 aromatic rings. The third kappa shape index (κ3) is 4.93. The van der Waals surface area contributed by atoms with Gasteiger partial charge in [-0.15, -0.1) is 21.5 Å². The second-order valence-electron chi connectivity index (χ2n) is 8.36. The molecule has 0 N–H and O–H groups in total. The van der Waals surface area contributed by atoms with Crippen LogP contribution in [0.1, 0.15) is 34.3 Å². The fourth-order valence-corrected chi connectivity index (χ4v) is 6.83. The van der Waals surface area contributed by atoms with Gasteiger partial charge in [0.25, 0.3) is 0 Å². The molecule has 11 heteroatoms. The van der Waals surface area contributed by atoms with Gasteiger partial charge in [0.1, 0.15) is 0 Å². The molecule has 2 fully saturated rings. The molecule has 174 valence electrons. The van der Waals surface area contributed by atoms with Crippen LogP contribution in [0.5, 0.6) is 0 Å². The van der Waals surface area contributed by atoms with Gasteiger partial charge in [-0.1, -0.05) is 0 Å². The Morgan fingerprint density at radius 3 is 2.44 bits per heavy atom. The average molecular weight is 487 g/mol. The van der Waals surface area contributed by atoms with E-state index in [-0.39, 0.29) is 17.9 Å². The second kappa shape index (κ2) is 8.66. The van der Waals surface area contributed by atoms with E-state index in [1.807, 2.05) is 28.9 Å². The van der Waals surface area contributed by atoms with Gasteiger partial charge in [-0.05, 0) is 59.4 Å². The third-order valence-electron chi connectivity index (χ3n) is 6.04. The predicted molar refractivity (Wildman–Crippen MR) is 120 cm³/mol. The average Bonchev–Trinajstić information content (AvgIpc) is 3.18. The first kappa shape index (κ1) is 23.0. The first-order valence-electron chi connectivity index (χ1n) is 10.4. The van der Waals surface area contributed by atoms with Gasteiger partial charge in [-0.3, -0.25) is 9.00 Å². The number of thiophene rings is 1. The van der Waals surface area contributed by atoms with Gasteiger partial charge in [-0.2, -0.15) is 13.2 Å². The lowest BCUT2D eigenvalue weighted by atomic mass is 9.98. The van der Waals surface area contributed by atoms with Crippen LogP contribution in [0.2, 0.25) is 0 Å². The van der Waals surface area contributed by atoms with Crippen LogP contribution in [0.4, 0.5) is 19.0 Å². The lowest BCUT2D eigenvalue weighted by Gasteiger charge is -2.43. The maximum atomic E-state index is 13.4. The highest BCUT2D eigenvalue weighted by Crippen LogP contribution is 2.35. The van der Waals surface area contributed by atoms with Crippen molar-refractivity contribution < 1.29 is 22.2 Å². The molecule has 1 amide bonds. The van der Waals surface area contributed by atoms with Crippen molar-refractivity contribution in [2.24, 2.45) is 5.92 Å². The summed E-state index contributed by atoms with van der Waals surface area (Å²) in [6.45, 7) is 3.30. The Balaban J connectivity index is 1.55. The number of rotatable bonds is 3. The number of piperazine rings is 1. The van der Waals surface area contributed by atoms with Gasteiger partial charge in [0.2, 0.25) is 5.91 Å². The van der Waals surface area contributed by atoms with E-state index in [0.717, 1.165) is 15.8 Å². The standard InChI is InChI=1S/C21H25F3N4O2S2/c1-14-3-4-17(31-14)16-13-27(19-6-5-18(25-26-19)21(22,23)24)9-10-28(16)20(29)15-7-11-32(2,30)12-8-15/h3-6,15-16H,2,7-13H2,1H3. The summed E-state index contributed by atoms with van der Waals surface area (Å²) in [6.07, 6.45) is -3.39. The molecule has 32 heavy (non-hydrogen) atoms. The molecule has 4 rings (SSSR count). The van der Waals surface area contributed by atoms with Gasteiger partial charge in [0, 0.05) is 46.8 Å². The normalized spacial score (nSPS) is 26.9. The first-order chi connectivity index (χ1) is 15.0. The van der Waals surface area contributed by atoms with Crippen molar-refractivity contribution in [3.63, 3.8) is 0 Å². The third-order valence-corrected chi connectivity index (χ3v) is 9.11. The topological polar surface area (TPSA) is 66.4 Å². The van der Waals surface area contributed by atoms with E-state index in [2.05, 4.69) is 16.1 Å². The van der Waals surface area contributed by atoms with Gasteiger partial charge in [0.15, 0.2) is 11.5 Å². The molecule has 1 atom stereocenters. The molecule has 0 bridgehead atoms. The van der Waals surface area contributed by atoms with Gasteiger partial charge in [-0.25, -0.2) is 0 Å². The highest BCUT2D eigenvalue weighted by atomic mass is 32.2. The number of anilines is 1. The van der Waals surface area contributed by atoms with E-state index >= 15 is 0 Å². The fourth-order valence-electron chi connectivity index (χ4n) is 4.22. The highest BCUT2D eigenvalue weighted by Gasteiger charge is 2.38. The van der Waals surface area contributed by atoms with Crippen molar-refractivity contribution in [1.82, 2.24) is 15.1 Å². The molecule has 0 aromatic carbocycles. The van der Waals surface area contributed by atoms with E-state index in [1.165, 1.54) is 6.07 Å². The zero-order valence-corrected chi connectivity index (χ0v) is 19.3. The van der Waals surface area contributed by atoms with Crippen molar-refractivity contribution in [2.45, 2.75) is 32.0 Å². The number of amides is 1. The minimum atomic E-state index is -4.54. The maximum Gasteiger partial charge on any atom is 0.435 e. The highest BCUT2D eigenvalue weighted by molar-refractivity contribution is 8.00. The van der Waals surface area contributed by atoms with E-state index in [0.29, 0.717) is 49.8 Å². The molecule has 2 aliphatic heterocycles. The Morgan fingerprint density at radius 1 is 1.16 bits per heavy atom. The first-order valence-corrected chi connectivity index (χ1v) is 13.3. The summed E-state index contributed by atoms with van der Waals surface area (Å²) in [7, 11) is -2.07. The van der Waals surface area contributed by atoms with Crippen molar-refractivity contribution in [2.75, 3.05) is 36.0 Å². The summed E-state index contributed by atoms with van der Waals surface area (Å²) in [4.78, 5) is 19.3. The Morgan fingerprint density at radius 2 is 1.88 bits per heavy atom. The summed E-state index contributed by atoms with van der Waals surface area (Å²) in [6, 6.07) is 6.03. The SMILES string of the molecule is C=S1(=O)CCC(C(=O)N2CCN(c3ccc(C(F)(F)F)nn3)CC2c2ccc(C)s2)CC1. The largest absolute Gasteiger partial charge is 0.435 e. The molecule has 2 aromatic heterocycles. The number of carbonyl (C=O) groups excluding carboxylic acids is 1. The quantitative estimate of drug-likeness (QED) is 0.623. The van der Waals surface area contributed by atoms with Crippen LogP contribution in [0.25, 0.3) is 0 Å². The summed E-state index contributed by atoms with van der Waals surface area (Å²) in [5, 5.41) is 7.14. The lowest BCUT2D eigenvalue weighted by Crippen LogP contribution is -2.53. The maximum absolute atomic E-state index is 13.4. The van der Waals surface area contributed by atoms with Crippen LogP contribution in [0, 0.1) is 12.8 Å². The smallest absolute Gasteiger partial charge is 0.351 e. The summed E-state index contributed by atoms with van der Waals surface area (Å²) < 4.78 is 50.7. The molecular weight excluding hydrogens is 461 g/mol. The van der Waals surface area contributed by atoms with Crippen molar-refractivity contribution in [3.8, 4) is 0 Å². The van der Waals surface area contributed by atoms with Crippen LogP contribution < -0.4 is 4.90 Å². The number of aromatic nitrogens is 2. The second-order valence-corrected chi connectivity index (χ2v) is 12.4. The zero-order valence-electron chi connectivity index (χ0n) is 17.7. The number of hydrogen-bond donors (Lipinski definition) is 0. The lowest BCUT2D eigenvalue weighted by molar-refractivity contribution is -0.142. The van der Waals surface area contributed by atoms with Crippen LogP contribution in [0.15, 0.2) is 24.3 Å². The number of hydrogen-bond acceptors (Lipinski definition) is 6. The van der Waals surface area contributed by atoms with Gasteiger partial charge < -0.3 is 9.80 Å². The van der Waals surface area contributed by atoms with Crippen molar-refractivity contribution in [3.05, 3.63) is 39.7 Å². The Bertz CT molecular complexity index is 1070. The number of aryl methyl sites for hydroxylation is 1. The van der Waals surface area contributed by atoms with Crippen LogP contribution in [-0.4, -0.2) is 62.2 Å². The zero-order chi connectivity index (χ0) is 23.1. The minimum absolute atomic E-state index is 0.0501. The molecule has 2 saturated heterocycles. The number of nitrogens with zero attached hydrogens (tertiary/aromatic N) is 4. The summed E-state index contributed by atoms with van der Waals surface area (Å²) in [5.41, 5.74) is -1.03. The Labute approximate surface area is 189 Å². The molecular formula is C21H25F3N4O2S2. The van der Waals surface area contributed by atoms with Gasteiger partial charge >= 0.3 is 6.18 Å².